The standard InChI is InChI=1S/C15H12F3N3O/c1-22-11-6-7-12-13(8-11)21-14(20-12)19-10-4-2-9(3-5-10)15(16,17)18/h2-8H,1H3,(H2,19,20,21). The molecule has 0 fully saturated rings. The predicted molar refractivity (Wildman–Crippen MR) is 77.4 cm³/mol. The van der Waals surface area contributed by atoms with Crippen LogP contribution in [0, 0.1) is 0 Å². The zero-order valence-electron chi connectivity index (χ0n) is 11.5. The van der Waals surface area contributed by atoms with Gasteiger partial charge >= 0.3 is 6.18 Å². The highest BCUT2D eigenvalue weighted by molar-refractivity contribution is 5.79. The van der Waals surface area contributed by atoms with E-state index in [2.05, 4.69) is 15.3 Å². The quantitative estimate of drug-likeness (QED) is 0.757. The summed E-state index contributed by atoms with van der Waals surface area (Å²) >= 11 is 0. The molecule has 4 nitrogen and oxygen atoms in total. The van der Waals surface area contributed by atoms with Gasteiger partial charge in [0, 0.05) is 11.8 Å². The number of benzene rings is 2. The molecule has 114 valence electrons. The van der Waals surface area contributed by atoms with E-state index in [0.29, 0.717) is 17.4 Å². The van der Waals surface area contributed by atoms with Crippen LogP contribution in [0.2, 0.25) is 0 Å². The molecule has 0 unspecified atom stereocenters. The summed E-state index contributed by atoms with van der Waals surface area (Å²) in [5.74, 6) is 1.14. The molecule has 7 heteroatoms. The van der Waals surface area contributed by atoms with E-state index in [1.807, 2.05) is 0 Å². The molecule has 2 N–H and O–H groups in total. The number of ether oxygens (including phenoxy) is 1. The van der Waals surface area contributed by atoms with Gasteiger partial charge in [-0.3, -0.25) is 0 Å². The Hall–Kier alpha value is -2.70. The number of H-pyrrole nitrogens is 1. The molecular formula is C15H12F3N3O. The fraction of sp³-hybridized carbons (Fsp3) is 0.133. The molecule has 2 aromatic carbocycles. The number of rotatable bonds is 3. The normalized spacial score (nSPS) is 11.6. The summed E-state index contributed by atoms with van der Waals surface area (Å²) in [5.41, 5.74) is 1.33. The average Bonchev–Trinajstić information content (AvgIpc) is 2.88. The van der Waals surface area contributed by atoms with Crippen LogP contribution in [0.15, 0.2) is 42.5 Å². The Bertz CT molecular complexity index is 794. The van der Waals surface area contributed by atoms with Crippen molar-refractivity contribution in [1.82, 2.24) is 9.97 Å². The van der Waals surface area contributed by atoms with Crippen LogP contribution in [0.5, 0.6) is 5.75 Å². The summed E-state index contributed by atoms with van der Waals surface area (Å²) < 4.78 is 42.6. The van der Waals surface area contributed by atoms with Gasteiger partial charge in [-0.05, 0) is 36.4 Å². The number of imidazole rings is 1. The number of halogens is 3. The number of anilines is 2. The summed E-state index contributed by atoms with van der Waals surface area (Å²) in [4.78, 5) is 7.35. The van der Waals surface area contributed by atoms with Crippen molar-refractivity contribution in [1.29, 1.82) is 0 Å². The maximum absolute atomic E-state index is 12.5. The van der Waals surface area contributed by atoms with E-state index in [1.165, 1.54) is 12.1 Å². The zero-order chi connectivity index (χ0) is 15.7. The molecule has 3 rings (SSSR count). The van der Waals surface area contributed by atoms with E-state index in [9.17, 15) is 13.2 Å². The second kappa shape index (κ2) is 5.25. The first kappa shape index (κ1) is 14.2. The number of nitrogens with zero attached hydrogens (tertiary/aromatic N) is 1. The lowest BCUT2D eigenvalue weighted by atomic mass is 10.2. The molecule has 0 atom stereocenters. The molecule has 0 aliphatic carbocycles. The number of hydrogen-bond acceptors (Lipinski definition) is 3. The molecule has 22 heavy (non-hydrogen) atoms. The lowest BCUT2D eigenvalue weighted by Crippen LogP contribution is -2.04. The Morgan fingerprint density at radius 1 is 1.09 bits per heavy atom. The minimum atomic E-state index is -4.34. The Morgan fingerprint density at radius 3 is 2.45 bits per heavy atom. The van der Waals surface area contributed by atoms with Gasteiger partial charge in [0.05, 0.1) is 23.7 Å². The first-order valence-electron chi connectivity index (χ1n) is 6.44. The molecule has 0 amide bonds. The SMILES string of the molecule is COc1ccc2nc(Nc3ccc(C(F)(F)F)cc3)[nH]c2c1. The van der Waals surface area contributed by atoms with Gasteiger partial charge in [0.1, 0.15) is 5.75 Å². The van der Waals surface area contributed by atoms with Crippen molar-refractivity contribution in [3.05, 3.63) is 48.0 Å². The van der Waals surface area contributed by atoms with E-state index in [1.54, 1.807) is 25.3 Å². The molecule has 3 aromatic rings. The Labute approximate surface area is 123 Å². The Kier molecular flexibility index (Phi) is 3.40. The molecule has 0 spiro atoms. The Morgan fingerprint density at radius 2 is 1.82 bits per heavy atom. The number of aromatic amines is 1. The van der Waals surface area contributed by atoms with Crippen molar-refractivity contribution in [3.8, 4) is 5.75 Å². The lowest BCUT2D eigenvalue weighted by molar-refractivity contribution is -0.137. The fourth-order valence-electron chi connectivity index (χ4n) is 2.05. The highest BCUT2D eigenvalue weighted by atomic mass is 19.4. The van der Waals surface area contributed by atoms with Gasteiger partial charge in [-0.15, -0.1) is 0 Å². The number of alkyl halides is 3. The van der Waals surface area contributed by atoms with Crippen molar-refractivity contribution in [2.75, 3.05) is 12.4 Å². The van der Waals surface area contributed by atoms with Crippen LogP contribution in [0.3, 0.4) is 0 Å². The third-order valence-electron chi connectivity index (χ3n) is 3.16. The minimum absolute atomic E-state index is 0.447. The van der Waals surface area contributed by atoms with E-state index >= 15 is 0 Å². The zero-order valence-corrected chi connectivity index (χ0v) is 11.5. The van der Waals surface area contributed by atoms with Crippen molar-refractivity contribution in [3.63, 3.8) is 0 Å². The van der Waals surface area contributed by atoms with Crippen LogP contribution >= 0.6 is 0 Å². The smallest absolute Gasteiger partial charge is 0.416 e. The van der Waals surface area contributed by atoms with E-state index in [4.69, 9.17) is 4.74 Å². The minimum Gasteiger partial charge on any atom is -0.497 e. The van der Waals surface area contributed by atoms with Crippen LogP contribution in [0.4, 0.5) is 24.8 Å². The number of fused-ring (bicyclic) bond motifs is 1. The highest BCUT2D eigenvalue weighted by Crippen LogP contribution is 2.30. The molecular weight excluding hydrogens is 295 g/mol. The molecule has 0 saturated heterocycles. The van der Waals surface area contributed by atoms with Crippen LogP contribution in [-0.4, -0.2) is 17.1 Å². The third-order valence-corrected chi connectivity index (χ3v) is 3.16. The van der Waals surface area contributed by atoms with Crippen molar-refractivity contribution >= 4 is 22.7 Å². The topological polar surface area (TPSA) is 49.9 Å². The number of nitrogens with one attached hydrogen (secondary N) is 2. The molecule has 0 bridgehead atoms. The van der Waals surface area contributed by atoms with Crippen molar-refractivity contribution < 1.29 is 17.9 Å². The largest absolute Gasteiger partial charge is 0.497 e. The average molecular weight is 307 g/mol. The lowest BCUT2D eigenvalue weighted by Gasteiger charge is -2.07. The second-order valence-corrected chi connectivity index (χ2v) is 4.67. The molecule has 0 saturated carbocycles. The van der Waals surface area contributed by atoms with Crippen molar-refractivity contribution in [2.24, 2.45) is 0 Å². The van der Waals surface area contributed by atoms with Gasteiger partial charge in [0.15, 0.2) is 0 Å². The van der Waals surface area contributed by atoms with Crippen LogP contribution in [-0.2, 0) is 6.18 Å². The summed E-state index contributed by atoms with van der Waals surface area (Å²) in [6.45, 7) is 0. The van der Waals surface area contributed by atoms with Gasteiger partial charge in [-0.2, -0.15) is 13.2 Å². The maximum Gasteiger partial charge on any atom is 0.416 e. The van der Waals surface area contributed by atoms with Crippen molar-refractivity contribution in [2.45, 2.75) is 6.18 Å². The molecule has 0 aliphatic heterocycles. The highest BCUT2D eigenvalue weighted by Gasteiger charge is 2.29. The van der Waals surface area contributed by atoms with Gasteiger partial charge in [0.25, 0.3) is 0 Å². The molecule has 0 aliphatic rings. The predicted octanol–water partition coefficient (Wildman–Crippen LogP) is 4.33. The molecule has 1 aromatic heterocycles. The van der Waals surface area contributed by atoms with E-state index < -0.39 is 11.7 Å². The van der Waals surface area contributed by atoms with E-state index in [0.717, 1.165) is 23.2 Å². The van der Waals surface area contributed by atoms with E-state index in [-0.39, 0.29) is 0 Å². The first-order valence-corrected chi connectivity index (χ1v) is 6.44. The Balaban J connectivity index is 1.83. The second-order valence-electron chi connectivity index (χ2n) is 4.67. The maximum atomic E-state index is 12.5. The van der Waals surface area contributed by atoms with Gasteiger partial charge in [-0.25, -0.2) is 4.98 Å². The summed E-state index contributed by atoms with van der Waals surface area (Å²) in [6, 6.07) is 10.1. The van der Waals surface area contributed by atoms with Crippen LogP contribution in [0.1, 0.15) is 5.56 Å². The number of aromatic nitrogens is 2. The number of methoxy groups -OCH3 is 1. The molecule has 1 heterocycles. The summed E-state index contributed by atoms with van der Waals surface area (Å²) in [6.07, 6.45) is -4.34. The summed E-state index contributed by atoms with van der Waals surface area (Å²) in [7, 11) is 1.57. The third kappa shape index (κ3) is 2.83. The first-order chi connectivity index (χ1) is 10.5. The molecule has 0 radical (unpaired) electrons. The van der Waals surface area contributed by atoms with Gasteiger partial charge in [-0.1, -0.05) is 0 Å². The van der Waals surface area contributed by atoms with Crippen LogP contribution < -0.4 is 10.1 Å². The van der Waals surface area contributed by atoms with Gasteiger partial charge < -0.3 is 15.0 Å². The monoisotopic (exact) mass is 307 g/mol. The van der Waals surface area contributed by atoms with Crippen LogP contribution in [0.25, 0.3) is 11.0 Å². The van der Waals surface area contributed by atoms with Gasteiger partial charge in [0.2, 0.25) is 5.95 Å². The number of hydrogen-bond donors (Lipinski definition) is 2. The fourth-order valence-corrected chi connectivity index (χ4v) is 2.05. The summed E-state index contributed by atoms with van der Waals surface area (Å²) in [5, 5.41) is 2.93.